The van der Waals surface area contributed by atoms with E-state index in [0.717, 1.165) is 26.1 Å². The normalized spacial score (nSPS) is 10.7. The van der Waals surface area contributed by atoms with Crippen LogP contribution >= 0.6 is 35.6 Å². The van der Waals surface area contributed by atoms with Crippen LogP contribution < -0.4 is 0 Å². The second-order valence-corrected chi connectivity index (χ2v) is 5.00. The lowest BCUT2D eigenvalue weighted by atomic mass is 10.1. The summed E-state index contributed by atoms with van der Waals surface area (Å²) in [5.74, 6) is 0.458. The molecule has 0 fully saturated rings. The molecule has 0 aliphatic rings. The molecular weight excluding hydrogens is 236 g/mol. The van der Waals surface area contributed by atoms with Gasteiger partial charge >= 0.3 is 0 Å². The molecule has 14 heavy (non-hydrogen) atoms. The Morgan fingerprint density at radius 1 is 1.50 bits per heavy atom. The Morgan fingerprint density at radius 3 is 2.93 bits per heavy atom. The zero-order valence-corrected chi connectivity index (χ0v) is 9.63. The summed E-state index contributed by atoms with van der Waals surface area (Å²) >= 11 is 11.6. The van der Waals surface area contributed by atoms with Crippen LogP contribution in [-0.4, -0.2) is 6.29 Å². The van der Waals surface area contributed by atoms with Crippen molar-refractivity contribution in [3.63, 3.8) is 0 Å². The van der Waals surface area contributed by atoms with Crippen LogP contribution in [0.1, 0.15) is 15.9 Å². The van der Waals surface area contributed by atoms with E-state index in [1.807, 2.05) is 12.1 Å². The van der Waals surface area contributed by atoms with E-state index in [1.54, 1.807) is 6.07 Å². The summed E-state index contributed by atoms with van der Waals surface area (Å²) in [6.45, 7) is 0. The summed E-state index contributed by atoms with van der Waals surface area (Å²) in [5, 5.41) is 1.04. The average Bonchev–Trinajstić information content (AvgIpc) is 2.57. The number of benzene rings is 1. The molecule has 0 spiro atoms. The van der Waals surface area contributed by atoms with Crippen LogP contribution in [0.4, 0.5) is 0 Å². The highest BCUT2D eigenvalue weighted by Gasteiger charge is 2.08. The van der Waals surface area contributed by atoms with Crippen molar-refractivity contribution in [2.45, 2.75) is 10.1 Å². The Hall–Kier alpha value is -0.510. The molecule has 0 radical (unpaired) electrons. The topological polar surface area (TPSA) is 17.1 Å². The Kier molecular flexibility index (Phi) is 2.81. The number of aldehydes is 1. The summed E-state index contributed by atoms with van der Waals surface area (Å²) in [6, 6.07) is 5.64. The van der Waals surface area contributed by atoms with Crippen molar-refractivity contribution in [1.29, 1.82) is 0 Å². The quantitative estimate of drug-likeness (QED) is 0.482. The van der Waals surface area contributed by atoms with Gasteiger partial charge in [0.2, 0.25) is 0 Å². The first-order valence-corrected chi connectivity index (χ1v) is 5.81. The molecule has 0 unspecified atom stereocenters. The van der Waals surface area contributed by atoms with Crippen LogP contribution in [0.5, 0.6) is 0 Å². The number of rotatable bonds is 2. The summed E-state index contributed by atoms with van der Waals surface area (Å²) < 4.78 is 1.88. The summed E-state index contributed by atoms with van der Waals surface area (Å²) in [7, 11) is 0. The third-order valence-corrected chi connectivity index (χ3v) is 3.74. The highest BCUT2D eigenvalue weighted by Crippen LogP contribution is 2.33. The predicted molar refractivity (Wildman–Crippen MR) is 64.0 cm³/mol. The minimum Gasteiger partial charge on any atom is -0.298 e. The van der Waals surface area contributed by atoms with Crippen LogP contribution in [0.2, 0.25) is 0 Å². The molecule has 0 N–H and O–H groups in total. The fraction of sp³-hybridized carbons (Fsp3) is 0.100. The van der Waals surface area contributed by atoms with Gasteiger partial charge < -0.3 is 0 Å². The fourth-order valence-corrected chi connectivity index (χ4v) is 2.95. The first-order chi connectivity index (χ1) is 6.76. The van der Waals surface area contributed by atoms with Crippen LogP contribution in [0.3, 0.4) is 0 Å². The summed E-state index contributed by atoms with van der Waals surface area (Å²) in [6.07, 6.45) is 0.865. The second kappa shape index (κ2) is 3.93. The van der Waals surface area contributed by atoms with Gasteiger partial charge in [-0.15, -0.1) is 35.6 Å². The van der Waals surface area contributed by atoms with E-state index in [9.17, 15) is 4.79 Å². The molecule has 1 aromatic heterocycles. The molecule has 0 aliphatic heterocycles. The molecule has 2 rings (SSSR count). The Balaban J connectivity index is 2.83. The molecule has 4 heteroatoms. The monoisotopic (exact) mass is 242 g/mol. The Labute approximate surface area is 96.1 Å². The van der Waals surface area contributed by atoms with E-state index >= 15 is 0 Å². The van der Waals surface area contributed by atoms with Gasteiger partial charge in [0, 0.05) is 16.1 Å². The SMILES string of the molecule is O=Cc1ccc(CCl)c2cc(S)sc12. The predicted octanol–water partition coefficient (Wildman–Crippen LogP) is 3.74. The van der Waals surface area contributed by atoms with Gasteiger partial charge in [-0.1, -0.05) is 6.07 Å². The first kappa shape index (κ1) is 10.0. The van der Waals surface area contributed by atoms with E-state index in [-0.39, 0.29) is 0 Å². The smallest absolute Gasteiger partial charge is 0.151 e. The van der Waals surface area contributed by atoms with Crippen molar-refractivity contribution in [3.05, 3.63) is 29.3 Å². The lowest BCUT2D eigenvalue weighted by Gasteiger charge is -1.99. The summed E-state index contributed by atoms with van der Waals surface area (Å²) in [5.41, 5.74) is 1.75. The van der Waals surface area contributed by atoms with Crippen LogP contribution in [-0.2, 0) is 5.88 Å². The van der Waals surface area contributed by atoms with Gasteiger partial charge in [-0.05, 0) is 23.1 Å². The Bertz CT molecular complexity index is 490. The molecule has 0 aliphatic carbocycles. The van der Waals surface area contributed by atoms with E-state index in [1.165, 1.54) is 11.3 Å². The first-order valence-electron chi connectivity index (χ1n) is 4.02. The molecule has 72 valence electrons. The number of carbonyl (C=O) groups excluding carboxylic acids is 1. The molecule has 0 saturated carbocycles. The Morgan fingerprint density at radius 2 is 2.29 bits per heavy atom. The van der Waals surface area contributed by atoms with E-state index in [2.05, 4.69) is 12.6 Å². The molecule has 1 nitrogen and oxygen atoms in total. The number of alkyl halides is 1. The zero-order chi connectivity index (χ0) is 10.1. The van der Waals surface area contributed by atoms with E-state index in [0.29, 0.717) is 11.4 Å². The van der Waals surface area contributed by atoms with Gasteiger partial charge in [0.1, 0.15) is 0 Å². The largest absolute Gasteiger partial charge is 0.298 e. The third kappa shape index (κ3) is 1.56. The molecule has 0 atom stereocenters. The average molecular weight is 243 g/mol. The van der Waals surface area contributed by atoms with Crippen molar-refractivity contribution >= 4 is 51.9 Å². The molecule has 1 aromatic carbocycles. The molecular formula is C10H7ClOS2. The number of hydrogen-bond acceptors (Lipinski definition) is 3. The van der Waals surface area contributed by atoms with Gasteiger partial charge in [-0.25, -0.2) is 0 Å². The number of thiol groups is 1. The lowest BCUT2D eigenvalue weighted by Crippen LogP contribution is -1.83. The van der Waals surface area contributed by atoms with E-state index in [4.69, 9.17) is 11.6 Å². The van der Waals surface area contributed by atoms with Crippen molar-refractivity contribution in [3.8, 4) is 0 Å². The van der Waals surface area contributed by atoms with E-state index < -0.39 is 0 Å². The van der Waals surface area contributed by atoms with Gasteiger partial charge in [0.15, 0.2) is 6.29 Å². The van der Waals surface area contributed by atoms with Gasteiger partial charge in [0.05, 0.1) is 4.21 Å². The number of thiophene rings is 1. The maximum absolute atomic E-state index is 10.8. The zero-order valence-electron chi connectivity index (χ0n) is 7.16. The summed E-state index contributed by atoms with van der Waals surface area (Å²) in [4.78, 5) is 10.8. The lowest BCUT2D eigenvalue weighted by molar-refractivity contribution is 0.112. The minimum atomic E-state index is 0.458. The highest BCUT2D eigenvalue weighted by molar-refractivity contribution is 7.83. The molecule has 0 saturated heterocycles. The van der Waals surface area contributed by atoms with Crippen LogP contribution in [0, 0.1) is 0 Å². The highest BCUT2D eigenvalue weighted by atomic mass is 35.5. The maximum atomic E-state index is 10.8. The van der Waals surface area contributed by atoms with Gasteiger partial charge in [0.25, 0.3) is 0 Å². The molecule has 0 amide bonds. The third-order valence-electron chi connectivity index (χ3n) is 2.06. The van der Waals surface area contributed by atoms with Gasteiger partial charge in [-0.3, -0.25) is 4.79 Å². The molecule has 2 aromatic rings. The van der Waals surface area contributed by atoms with Crippen molar-refractivity contribution in [1.82, 2.24) is 0 Å². The number of carbonyl (C=O) groups is 1. The van der Waals surface area contributed by atoms with Crippen LogP contribution in [0.15, 0.2) is 22.4 Å². The van der Waals surface area contributed by atoms with Crippen molar-refractivity contribution < 1.29 is 4.79 Å². The number of fused-ring (bicyclic) bond motifs is 1. The standard InChI is InChI=1S/C10H7ClOS2/c11-4-6-1-2-7(5-12)10-8(6)3-9(13)14-10/h1-3,5,13H,4H2. The maximum Gasteiger partial charge on any atom is 0.151 e. The second-order valence-electron chi connectivity index (χ2n) is 2.89. The fourth-order valence-electron chi connectivity index (χ4n) is 1.40. The number of hydrogen-bond donors (Lipinski definition) is 1. The van der Waals surface area contributed by atoms with Crippen molar-refractivity contribution in [2.24, 2.45) is 0 Å². The number of halogens is 1. The van der Waals surface area contributed by atoms with Crippen LogP contribution in [0.25, 0.3) is 10.1 Å². The van der Waals surface area contributed by atoms with Gasteiger partial charge in [-0.2, -0.15) is 0 Å². The van der Waals surface area contributed by atoms with Crippen molar-refractivity contribution in [2.75, 3.05) is 0 Å². The minimum absolute atomic E-state index is 0.458. The molecule has 1 heterocycles. The molecule has 0 bridgehead atoms.